The second kappa shape index (κ2) is 4.30. The van der Waals surface area contributed by atoms with Crippen molar-refractivity contribution in [3.05, 3.63) is 0 Å². The van der Waals surface area contributed by atoms with E-state index in [1.165, 1.54) is 19.4 Å². The number of hydrogen-bond donors (Lipinski definition) is 0. The van der Waals surface area contributed by atoms with Gasteiger partial charge in [0.2, 0.25) is 0 Å². The van der Waals surface area contributed by atoms with Gasteiger partial charge in [-0.2, -0.15) is 0 Å². The lowest BCUT2D eigenvalue weighted by atomic mass is 9.98. The fourth-order valence-electron chi connectivity index (χ4n) is 2.23. The minimum Gasteiger partial charge on any atom is -0.466 e. The van der Waals surface area contributed by atoms with E-state index in [-0.39, 0.29) is 11.9 Å². The van der Waals surface area contributed by atoms with Gasteiger partial charge in [-0.25, -0.2) is 0 Å². The normalized spacial score (nSPS) is 28.8. The van der Waals surface area contributed by atoms with Crippen LogP contribution in [0.2, 0.25) is 0 Å². The fourth-order valence-corrected chi connectivity index (χ4v) is 2.23. The fraction of sp³-hybridized carbons (Fsp3) is 0.909. The summed E-state index contributed by atoms with van der Waals surface area (Å²) in [5.41, 5.74) is 0. The summed E-state index contributed by atoms with van der Waals surface area (Å²) in [7, 11) is 0. The SMILES string of the molecule is CCOC(=O)[C@@H]1CCCN(C2CC2)C1. The molecular weight excluding hydrogens is 178 g/mol. The molecule has 0 N–H and O–H groups in total. The first-order valence-electron chi connectivity index (χ1n) is 5.72. The molecule has 2 rings (SSSR count). The molecule has 0 spiro atoms. The van der Waals surface area contributed by atoms with E-state index in [1.54, 1.807) is 0 Å². The minimum atomic E-state index is 0.0119. The highest BCUT2D eigenvalue weighted by Gasteiger charge is 2.35. The summed E-state index contributed by atoms with van der Waals surface area (Å²) in [5, 5.41) is 0. The van der Waals surface area contributed by atoms with Crippen LogP contribution in [0.1, 0.15) is 32.6 Å². The number of carbonyl (C=O) groups excluding carboxylic acids is 1. The first-order chi connectivity index (χ1) is 6.81. The second-order valence-electron chi connectivity index (χ2n) is 4.32. The van der Waals surface area contributed by atoms with E-state index in [2.05, 4.69) is 4.90 Å². The van der Waals surface area contributed by atoms with Crippen LogP contribution >= 0.6 is 0 Å². The summed E-state index contributed by atoms with van der Waals surface area (Å²) in [6.07, 6.45) is 4.83. The third-order valence-electron chi connectivity index (χ3n) is 3.14. The number of carbonyl (C=O) groups is 1. The number of ether oxygens (including phenoxy) is 1. The average Bonchev–Trinajstić information content (AvgIpc) is 3.02. The maximum absolute atomic E-state index is 11.5. The van der Waals surface area contributed by atoms with Crippen molar-refractivity contribution in [2.24, 2.45) is 5.92 Å². The van der Waals surface area contributed by atoms with Gasteiger partial charge < -0.3 is 4.74 Å². The Morgan fingerprint density at radius 3 is 2.86 bits per heavy atom. The lowest BCUT2D eigenvalue weighted by Crippen LogP contribution is -2.40. The smallest absolute Gasteiger partial charge is 0.310 e. The average molecular weight is 197 g/mol. The Morgan fingerprint density at radius 2 is 2.21 bits per heavy atom. The van der Waals surface area contributed by atoms with Crippen LogP contribution in [0.25, 0.3) is 0 Å². The summed E-state index contributed by atoms with van der Waals surface area (Å²) in [6.45, 7) is 4.50. The van der Waals surface area contributed by atoms with Crippen molar-refractivity contribution in [3.8, 4) is 0 Å². The Kier molecular flexibility index (Phi) is 3.06. The lowest BCUT2D eigenvalue weighted by molar-refractivity contribution is -0.150. The van der Waals surface area contributed by atoms with Crippen LogP contribution in [0.4, 0.5) is 0 Å². The van der Waals surface area contributed by atoms with Gasteiger partial charge in [0.05, 0.1) is 12.5 Å². The summed E-state index contributed by atoms with van der Waals surface area (Å²) in [4.78, 5) is 14.0. The summed E-state index contributed by atoms with van der Waals surface area (Å²) in [5.74, 6) is 0.155. The van der Waals surface area contributed by atoms with Crippen LogP contribution in [0.5, 0.6) is 0 Å². The molecule has 0 amide bonds. The van der Waals surface area contributed by atoms with Crippen molar-refractivity contribution >= 4 is 5.97 Å². The zero-order valence-corrected chi connectivity index (χ0v) is 8.87. The molecule has 0 bridgehead atoms. The molecule has 2 aliphatic rings. The van der Waals surface area contributed by atoms with Gasteiger partial charge in [-0.1, -0.05) is 0 Å². The molecule has 80 valence electrons. The second-order valence-corrected chi connectivity index (χ2v) is 4.32. The molecule has 0 aromatic rings. The zero-order chi connectivity index (χ0) is 9.97. The van der Waals surface area contributed by atoms with Gasteiger partial charge in [-0.15, -0.1) is 0 Å². The quantitative estimate of drug-likeness (QED) is 0.641. The van der Waals surface area contributed by atoms with Crippen molar-refractivity contribution in [2.45, 2.75) is 38.6 Å². The van der Waals surface area contributed by atoms with E-state index in [0.29, 0.717) is 6.61 Å². The molecule has 2 fully saturated rings. The summed E-state index contributed by atoms with van der Waals surface area (Å²) in [6, 6.07) is 0.784. The van der Waals surface area contributed by atoms with Crippen molar-refractivity contribution in [3.63, 3.8) is 0 Å². The lowest BCUT2D eigenvalue weighted by Gasteiger charge is -2.31. The van der Waals surface area contributed by atoms with Crippen molar-refractivity contribution in [2.75, 3.05) is 19.7 Å². The van der Waals surface area contributed by atoms with Crippen molar-refractivity contribution < 1.29 is 9.53 Å². The molecule has 1 saturated carbocycles. The number of piperidine rings is 1. The van der Waals surface area contributed by atoms with Crippen LogP contribution in [0.15, 0.2) is 0 Å². The predicted octanol–water partition coefficient (Wildman–Crippen LogP) is 1.42. The van der Waals surface area contributed by atoms with Crippen LogP contribution in [0.3, 0.4) is 0 Å². The molecule has 1 saturated heterocycles. The predicted molar refractivity (Wildman–Crippen MR) is 54.0 cm³/mol. The number of hydrogen-bond acceptors (Lipinski definition) is 3. The molecule has 0 radical (unpaired) electrons. The largest absolute Gasteiger partial charge is 0.466 e. The van der Waals surface area contributed by atoms with Crippen molar-refractivity contribution in [1.29, 1.82) is 0 Å². The number of likely N-dealkylation sites (tertiary alicyclic amines) is 1. The number of rotatable bonds is 3. The van der Waals surface area contributed by atoms with E-state index in [4.69, 9.17) is 4.74 Å². The number of esters is 1. The Hall–Kier alpha value is -0.570. The first kappa shape index (κ1) is 9.97. The van der Waals surface area contributed by atoms with Crippen LogP contribution in [-0.4, -0.2) is 36.6 Å². The van der Waals surface area contributed by atoms with Crippen LogP contribution in [-0.2, 0) is 9.53 Å². The highest BCUT2D eigenvalue weighted by atomic mass is 16.5. The number of nitrogens with zero attached hydrogens (tertiary/aromatic N) is 1. The van der Waals surface area contributed by atoms with Gasteiger partial charge in [0.1, 0.15) is 0 Å². The molecule has 1 aliphatic carbocycles. The molecule has 0 unspecified atom stereocenters. The maximum atomic E-state index is 11.5. The standard InChI is InChI=1S/C11H19NO2/c1-2-14-11(13)9-4-3-7-12(8-9)10-5-6-10/h9-10H,2-8H2,1H3/t9-/m1/s1. The molecule has 14 heavy (non-hydrogen) atoms. The van der Waals surface area contributed by atoms with Gasteiger partial charge in [0.25, 0.3) is 0 Å². The van der Waals surface area contributed by atoms with E-state index in [1.807, 2.05) is 6.92 Å². The highest BCUT2D eigenvalue weighted by Crippen LogP contribution is 2.31. The van der Waals surface area contributed by atoms with Gasteiger partial charge >= 0.3 is 5.97 Å². The summed E-state index contributed by atoms with van der Waals surface area (Å²) < 4.78 is 5.06. The first-order valence-corrected chi connectivity index (χ1v) is 5.72. The third-order valence-corrected chi connectivity index (χ3v) is 3.14. The van der Waals surface area contributed by atoms with E-state index in [0.717, 1.165) is 25.4 Å². The van der Waals surface area contributed by atoms with E-state index in [9.17, 15) is 4.79 Å². The molecule has 3 nitrogen and oxygen atoms in total. The molecule has 0 aromatic carbocycles. The van der Waals surface area contributed by atoms with Crippen molar-refractivity contribution in [1.82, 2.24) is 4.90 Å². The van der Waals surface area contributed by atoms with Crippen LogP contribution < -0.4 is 0 Å². The summed E-state index contributed by atoms with van der Waals surface area (Å²) >= 11 is 0. The maximum Gasteiger partial charge on any atom is 0.310 e. The Bertz CT molecular complexity index is 213. The molecular formula is C11H19NO2. The Morgan fingerprint density at radius 1 is 1.43 bits per heavy atom. The van der Waals surface area contributed by atoms with Crippen LogP contribution in [0, 0.1) is 5.92 Å². The molecule has 3 heteroatoms. The molecule has 1 aliphatic heterocycles. The highest BCUT2D eigenvalue weighted by molar-refractivity contribution is 5.72. The molecule has 1 atom stereocenters. The van der Waals surface area contributed by atoms with E-state index >= 15 is 0 Å². The molecule has 1 heterocycles. The Labute approximate surface area is 85.4 Å². The zero-order valence-electron chi connectivity index (χ0n) is 8.87. The van der Waals surface area contributed by atoms with Gasteiger partial charge in [0.15, 0.2) is 0 Å². The topological polar surface area (TPSA) is 29.5 Å². The minimum absolute atomic E-state index is 0.0119. The molecule has 0 aromatic heterocycles. The van der Waals surface area contributed by atoms with E-state index < -0.39 is 0 Å². The van der Waals surface area contributed by atoms with Gasteiger partial charge in [0, 0.05) is 12.6 Å². The van der Waals surface area contributed by atoms with Gasteiger partial charge in [-0.05, 0) is 39.2 Å². The monoisotopic (exact) mass is 197 g/mol. The third kappa shape index (κ3) is 2.27. The Balaban J connectivity index is 1.83. The van der Waals surface area contributed by atoms with Gasteiger partial charge in [-0.3, -0.25) is 9.69 Å².